The minimum Gasteiger partial charge on any atom is -0.493 e. The number of hydrogen-bond acceptors (Lipinski definition) is 5. The van der Waals surface area contributed by atoms with Gasteiger partial charge in [0.25, 0.3) is 10.0 Å². The lowest BCUT2D eigenvalue weighted by molar-refractivity contribution is -0.120. The molecule has 1 unspecified atom stereocenters. The summed E-state index contributed by atoms with van der Waals surface area (Å²) in [5.41, 5.74) is 3.10. The summed E-state index contributed by atoms with van der Waals surface area (Å²) >= 11 is 0. The number of amides is 1. The zero-order valence-corrected chi connectivity index (χ0v) is 22.3. The normalized spacial score (nSPS) is 11.9. The molecule has 0 aromatic heterocycles. The summed E-state index contributed by atoms with van der Waals surface area (Å²) in [7, 11) is -1.12. The number of carbonyl (C=O) groups excluding carboxylic acids is 1. The van der Waals surface area contributed by atoms with Crippen molar-refractivity contribution >= 4 is 21.6 Å². The summed E-state index contributed by atoms with van der Waals surface area (Å²) in [6.07, 6.45) is 0. The molecule has 0 saturated heterocycles. The van der Waals surface area contributed by atoms with Crippen LogP contribution in [-0.2, 0) is 14.8 Å². The fourth-order valence-corrected chi connectivity index (χ4v) is 5.68. The van der Waals surface area contributed by atoms with Gasteiger partial charge in [0, 0.05) is 6.07 Å². The van der Waals surface area contributed by atoms with Crippen LogP contribution in [0.5, 0.6) is 11.5 Å². The Balaban J connectivity index is 1.73. The van der Waals surface area contributed by atoms with E-state index >= 15 is 0 Å². The molecule has 4 rings (SSSR count). The maximum atomic E-state index is 13.8. The van der Waals surface area contributed by atoms with Gasteiger partial charge in [-0.25, -0.2) is 8.42 Å². The van der Waals surface area contributed by atoms with E-state index < -0.39 is 28.5 Å². The van der Waals surface area contributed by atoms with Crippen molar-refractivity contribution in [1.82, 2.24) is 5.32 Å². The first-order valence-electron chi connectivity index (χ1n) is 12.0. The maximum absolute atomic E-state index is 13.8. The van der Waals surface area contributed by atoms with Crippen molar-refractivity contribution < 1.29 is 22.7 Å². The van der Waals surface area contributed by atoms with Gasteiger partial charge in [-0.2, -0.15) is 0 Å². The monoisotopic (exact) mass is 530 g/mol. The second-order valence-corrected chi connectivity index (χ2v) is 10.5. The Morgan fingerprint density at radius 1 is 0.816 bits per heavy atom. The van der Waals surface area contributed by atoms with E-state index in [1.165, 1.54) is 26.4 Å². The zero-order valence-electron chi connectivity index (χ0n) is 21.5. The highest BCUT2D eigenvalue weighted by Crippen LogP contribution is 2.34. The Morgan fingerprint density at radius 2 is 1.42 bits per heavy atom. The van der Waals surface area contributed by atoms with Gasteiger partial charge in [0.05, 0.1) is 30.8 Å². The topological polar surface area (TPSA) is 84.9 Å². The Kier molecular flexibility index (Phi) is 8.33. The third-order valence-corrected chi connectivity index (χ3v) is 8.00. The number of ether oxygens (including phenoxy) is 2. The zero-order chi connectivity index (χ0) is 27.1. The van der Waals surface area contributed by atoms with Gasteiger partial charge < -0.3 is 14.8 Å². The Morgan fingerprint density at radius 3 is 2.05 bits per heavy atom. The molecule has 0 bridgehead atoms. The van der Waals surface area contributed by atoms with Crippen molar-refractivity contribution in [2.75, 3.05) is 25.1 Å². The standard InChI is InChI=1S/C30H30N2O5S/c1-22-12-10-11-17-26(22)30(23-13-6-4-7-14-23)31-29(33)21-32(38(34,35)25-15-8-5-9-16-25)24-18-19-27(36-2)28(20-24)37-3/h4-20,30H,21H2,1-3H3,(H,31,33). The van der Waals surface area contributed by atoms with Gasteiger partial charge in [-0.15, -0.1) is 0 Å². The van der Waals surface area contributed by atoms with Gasteiger partial charge in [0.2, 0.25) is 5.91 Å². The molecule has 0 aliphatic carbocycles. The number of nitrogens with one attached hydrogen (secondary N) is 1. The van der Waals surface area contributed by atoms with E-state index in [-0.39, 0.29) is 10.6 Å². The highest BCUT2D eigenvalue weighted by atomic mass is 32.2. The predicted molar refractivity (Wildman–Crippen MR) is 148 cm³/mol. The van der Waals surface area contributed by atoms with Gasteiger partial charge in [0.1, 0.15) is 6.54 Å². The number of aryl methyl sites for hydroxylation is 1. The Bertz CT molecular complexity index is 1490. The summed E-state index contributed by atoms with van der Waals surface area (Å²) in [4.78, 5) is 13.6. The number of methoxy groups -OCH3 is 2. The maximum Gasteiger partial charge on any atom is 0.264 e. The summed E-state index contributed by atoms with van der Waals surface area (Å²) < 4.78 is 39.3. The van der Waals surface area contributed by atoms with E-state index in [4.69, 9.17) is 9.47 Å². The number of rotatable bonds is 10. The Hall–Kier alpha value is -4.30. The fourth-order valence-electron chi connectivity index (χ4n) is 4.25. The molecule has 0 radical (unpaired) electrons. The minimum absolute atomic E-state index is 0.0705. The summed E-state index contributed by atoms with van der Waals surface area (Å²) in [5.74, 6) is 0.332. The predicted octanol–water partition coefficient (Wildman–Crippen LogP) is 5.11. The number of hydrogen-bond donors (Lipinski definition) is 1. The molecule has 0 aliphatic rings. The van der Waals surface area contributed by atoms with Crippen molar-refractivity contribution in [3.63, 3.8) is 0 Å². The highest BCUT2D eigenvalue weighted by molar-refractivity contribution is 7.92. The van der Waals surface area contributed by atoms with Crippen molar-refractivity contribution in [2.24, 2.45) is 0 Å². The quantitative estimate of drug-likeness (QED) is 0.308. The SMILES string of the molecule is COc1ccc(N(CC(=O)NC(c2ccccc2)c2ccccc2C)S(=O)(=O)c2ccccc2)cc1OC. The van der Waals surface area contributed by atoms with E-state index in [1.54, 1.807) is 36.4 Å². The third-order valence-electron chi connectivity index (χ3n) is 6.21. The molecule has 196 valence electrons. The molecular weight excluding hydrogens is 500 g/mol. The molecule has 0 heterocycles. The van der Waals surface area contributed by atoms with Gasteiger partial charge >= 0.3 is 0 Å². The number of carbonyl (C=O) groups is 1. The highest BCUT2D eigenvalue weighted by Gasteiger charge is 2.29. The molecular formula is C30H30N2O5S. The van der Waals surface area contributed by atoms with Crippen molar-refractivity contribution in [1.29, 1.82) is 0 Å². The van der Waals surface area contributed by atoms with E-state index in [9.17, 15) is 13.2 Å². The summed E-state index contributed by atoms with van der Waals surface area (Å²) in [6.45, 7) is 1.54. The van der Waals surface area contributed by atoms with Crippen molar-refractivity contribution in [2.45, 2.75) is 17.9 Å². The number of benzene rings is 4. The lowest BCUT2D eigenvalue weighted by atomic mass is 9.95. The van der Waals surface area contributed by atoms with Crippen LogP contribution in [0, 0.1) is 6.92 Å². The van der Waals surface area contributed by atoms with Gasteiger partial charge in [-0.3, -0.25) is 9.10 Å². The first kappa shape index (κ1) is 26.8. The molecule has 0 aliphatic heterocycles. The summed E-state index contributed by atoms with van der Waals surface area (Å²) in [6, 6.07) is 29.7. The second kappa shape index (κ2) is 11.8. The van der Waals surface area contributed by atoms with Gasteiger partial charge in [-0.1, -0.05) is 72.8 Å². The molecule has 0 spiro atoms. The molecule has 4 aromatic rings. The number of nitrogens with zero attached hydrogens (tertiary/aromatic N) is 1. The first-order chi connectivity index (χ1) is 18.3. The van der Waals surface area contributed by atoms with Crippen LogP contribution in [0.25, 0.3) is 0 Å². The fraction of sp³-hybridized carbons (Fsp3) is 0.167. The van der Waals surface area contributed by atoms with Crippen LogP contribution >= 0.6 is 0 Å². The van der Waals surface area contributed by atoms with E-state index in [0.29, 0.717) is 11.5 Å². The van der Waals surface area contributed by atoms with Crippen LogP contribution in [0.3, 0.4) is 0 Å². The van der Waals surface area contributed by atoms with E-state index in [1.807, 2.05) is 61.5 Å². The van der Waals surface area contributed by atoms with Crippen LogP contribution in [-0.4, -0.2) is 35.1 Å². The van der Waals surface area contributed by atoms with Crippen LogP contribution < -0.4 is 19.1 Å². The largest absolute Gasteiger partial charge is 0.493 e. The third kappa shape index (κ3) is 5.81. The average Bonchev–Trinajstić information content (AvgIpc) is 2.95. The van der Waals surface area contributed by atoms with Crippen LogP contribution in [0.2, 0.25) is 0 Å². The van der Waals surface area contributed by atoms with Gasteiger partial charge in [-0.05, 0) is 47.9 Å². The molecule has 1 atom stereocenters. The number of sulfonamides is 1. The van der Waals surface area contributed by atoms with Crippen molar-refractivity contribution in [3.05, 3.63) is 120 Å². The Labute approximate surface area is 223 Å². The second-order valence-electron chi connectivity index (χ2n) is 8.63. The molecule has 4 aromatic carbocycles. The van der Waals surface area contributed by atoms with Crippen molar-refractivity contribution in [3.8, 4) is 11.5 Å². The smallest absolute Gasteiger partial charge is 0.264 e. The molecule has 1 amide bonds. The average molecular weight is 531 g/mol. The first-order valence-corrected chi connectivity index (χ1v) is 13.5. The molecule has 0 fully saturated rings. The van der Waals surface area contributed by atoms with E-state index in [2.05, 4.69) is 5.32 Å². The summed E-state index contributed by atoms with van der Waals surface area (Å²) in [5, 5.41) is 3.06. The van der Waals surface area contributed by atoms with Crippen LogP contribution in [0.1, 0.15) is 22.7 Å². The minimum atomic E-state index is -4.09. The molecule has 38 heavy (non-hydrogen) atoms. The molecule has 0 saturated carbocycles. The molecule has 1 N–H and O–H groups in total. The van der Waals surface area contributed by atoms with Gasteiger partial charge in [0.15, 0.2) is 11.5 Å². The van der Waals surface area contributed by atoms with E-state index in [0.717, 1.165) is 21.0 Å². The number of anilines is 1. The lowest BCUT2D eigenvalue weighted by Crippen LogP contribution is -2.42. The molecule has 7 nitrogen and oxygen atoms in total. The van der Waals surface area contributed by atoms with Crippen LogP contribution in [0.15, 0.2) is 108 Å². The molecule has 8 heteroatoms. The van der Waals surface area contributed by atoms with Crippen LogP contribution in [0.4, 0.5) is 5.69 Å². The lowest BCUT2D eigenvalue weighted by Gasteiger charge is -2.27.